The van der Waals surface area contributed by atoms with Crippen LogP contribution in [-0.2, 0) is 9.53 Å². The van der Waals surface area contributed by atoms with Crippen LogP contribution < -0.4 is 24.4 Å². The highest BCUT2D eigenvalue weighted by Gasteiger charge is 2.37. The van der Waals surface area contributed by atoms with E-state index in [-0.39, 0.29) is 0 Å². The predicted octanol–water partition coefficient (Wildman–Crippen LogP) is 3.90. The minimum Gasteiger partial charge on any atom is -0.496 e. The predicted molar refractivity (Wildman–Crippen MR) is 123 cm³/mol. The fourth-order valence-corrected chi connectivity index (χ4v) is 4.07. The second-order valence-electron chi connectivity index (χ2n) is 7.00. The van der Waals surface area contributed by atoms with E-state index in [4.69, 9.17) is 31.2 Å². The van der Waals surface area contributed by atoms with Crippen LogP contribution >= 0.6 is 12.2 Å². The molecule has 164 valence electrons. The van der Waals surface area contributed by atoms with Crippen molar-refractivity contribution < 1.29 is 23.7 Å². The van der Waals surface area contributed by atoms with Gasteiger partial charge in [-0.1, -0.05) is 12.1 Å². The number of carbonyl (C=O) groups is 1. The molecule has 0 radical (unpaired) electrons. The van der Waals surface area contributed by atoms with E-state index in [0.29, 0.717) is 39.2 Å². The number of nitrogens with zero attached hydrogens (tertiary/aromatic N) is 1. The summed E-state index contributed by atoms with van der Waals surface area (Å²) >= 11 is 5.70. The quantitative estimate of drug-likeness (QED) is 0.534. The zero-order valence-corrected chi connectivity index (χ0v) is 19.3. The topological polar surface area (TPSA) is 69.3 Å². The summed E-state index contributed by atoms with van der Waals surface area (Å²) in [6.07, 6.45) is 0. The van der Waals surface area contributed by atoms with Crippen molar-refractivity contribution in [3.8, 4) is 17.2 Å². The van der Waals surface area contributed by atoms with Crippen molar-refractivity contribution in [3.63, 3.8) is 0 Å². The Morgan fingerprint density at radius 1 is 0.968 bits per heavy atom. The number of rotatable bonds is 6. The van der Waals surface area contributed by atoms with Gasteiger partial charge < -0.3 is 24.3 Å². The molecule has 0 aromatic heterocycles. The van der Waals surface area contributed by atoms with Crippen LogP contribution in [0.2, 0.25) is 0 Å². The molecule has 3 rings (SSSR count). The summed E-state index contributed by atoms with van der Waals surface area (Å²) in [5.74, 6) is 1.08. The second-order valence-corrected chi connectivity index (χ2v) is 7.38. The van der Waals surface area contributed by atoms with Crippen molar-refractivity contribution in [1.82, 2.24) is 5.32 Å². The largest absolute Gasteiger partial charge is 0.496 e. The lowest BCUT2D eigenvalue weighted by Gasteiger charge is -2.38. The van der Waals surface area contributed by atoms with Crippen LogP contribution in [0.3, 0.4) is 0 Å². The highest BCUT2D eigenvalue weighted by Crippen LogP contribution is 2.42. The average molecular weight is 443 g/mol. The summed E-state index contributed by atoms with van der Waals surface area (Å²) < 4.78 is 21.6. The van der Waals surface area contributed by atoms with Crippen molar-refractivity contribution in [2.45, 2.75) is 19.9 Å². The normalized spacial score (nSPS) is 16.0. The minimum absolute atomic E-state index is 0.420. The van der Waals surface area contributed by atoms with Crippen LogP contribution in [-0.4, -0.2) is 39.5 Å². The van der Waals surface area contributed by atoms with Gasteiger partial charge in [0.2, 0.25) is 0 Å². The van der Waals surface area contributed by atoms with Crippen molar-refractivity contribution in [2.75, 3.05) is 33.3 Å². The summed E-state index contributed by atoms with van der Waals surface area (Å²) in [5.41, 5.74) is 3.70. The summed E-state index contributed by atoms with van der Waals surface area (Å²) in [6, 6.07) is 10.8. The molecular formula is C23H26N2O5S. The van der Waals surface area contributed by atoms with Gasteiger partial charge in [0.1, 0.15) is 5.75 Å². The van der Waals surface area contributed by atoms with E-state index in [1.54, 1.807) is 33.5 Å². The molecule has 0 saturated carbocycles. The van der Waals surface area contributed by atoms with Crippen molar-refractivity contribution in [2.24, 2.45) is 0 Å². The van der Waals surface area contributed by atoms with E-state index >= 15 is 0 Å². The van der Waals surface area contributed by atoms with Crippen molar-refractivity contribution >= 4 is 29.0 Å². The first-order valence-electron chi connectivity index (χ1n) is 9.62. The third-order valence-electron chi connectivity index (χ3n) is 5.20. The molecule has 1 N–H and O–H groups in total. The number of thiocarbonyl (C=S) groups is 1. The van der Waals surface area contributed by atoms with E-state index in [9.17, 15) is 4.79 Å². The number of benzene rings is 2. The fraction of sp³-hybridized carbons (Fsp3) is 0.304. The lowest BCUT2D eigenvalue weighted by molar-refractivity contribution is -0.136. The zero-order chi connectivity index (χ0) is 22.7. The Morgan fingerprint density at radius 3 is 2.19 bits per heavy atom. The standard InChI is InChI=1S/C23H26N2O5S/c1-13-8-7-9-15(10-13)25-14(2)20(22(26)30-6)21(24-23(25)31)16-11-18(28-4)19(29-5)12-17(16)27-3/h7-12,21H,1-6H3,(H,24,31). The van der Waals surface area contributed by atoms with Crippen LogP contribution in [0.15, 0.2) is 47.7 Å². The maximum absolute atomic E-state index is 12.9. The number of allylic oxidation sites excluding steroid dienone is 1. The van der Waals surface area contributed by atoms with Crippen LogP contribution in [0.1, 0.15) is 24.1 Å². The molecular weight excluding hydrogens is 416 g/mol. The van der Waals surface area contributed by atoms with E-state index in [0.717, 1.165) is 11.3 Å². The molecule has 1 aliphatic heterocycles. The first-order chi connectivity index (χ1) is 14.9. The Kier molecular flexibility index (Phi) is 6.70. The number of anilines is 1. The van der Waals surface area contributed by atoms with E-state index < -0.39 is 12.0 Å². The average Bonchev–Trinajstić information content (AvgIpc) is 2.77. The number of nitrogens with one attached hydrogen (secondary N) is 1. The number of ether oxygens (including phenoxy) is 4. The number of esters is 1. The van der Waals surface area contributed by atoms with Crippen LogP contribution in [0, 0.1) is 6.92 Å². The Balaban J connectivity index is 2.22. The lowest BCUT2D eigenvalue weighted by atomic mass is 9.93. The molecule has 1 aliphatic rings. The van der Waals surface area contributed by atoms with Gasteiger partial charge in [-0.25, -0.2) is 4.79 Å². The third kappa shape index (κ3) is 4.16. The highest BCUT2D eigenvalue weighted by atomic mass is 32.1. The molecule has 0 bridgehead atoms. The van der Waals surface area contributed by atoms with Gasteiger partial charge in [-0.15, -0.1) is 0 Å². The molecule has 2 aromatic carbocycles. The van der Waals surface area contributed by atoms with Crippen molar-refractivity contribution in [3.05, 3.63) is 58.8 Å². The van der Waals surface area contributed by atoms with E-state index in [1.807, 2.05) is 43.0 Å². The maximum Gasteiger partial charge on any atom is 0.337 e. The monoisotopic (exact) mass is 442 g/mol. The first kappa shape index (κ1) is 22.4. The van der Waals surface area contributed by atoms with Gasteiger partial charge in [-0.3, -0.25) is 4.90 Å². The van der Waals surface area contributed by atoms with Crippen LogP contribution in [0.4, 0.5) is 5.69 Å². The zero-order valence-electron chi connectivity index (χ0n) is 18.4. The SMILES string of the molecule is COC(=O)C1=C(C)N(c2cccc(C)c2)C(=S)NC1c1cc(OC)c(OC)cc1OC. The smallest absolute Gasteiger partial charge is 0.337 e. The first-order valence-corrected chi connectivity index (χ1v) is 10.0. The van der Waals surface area contributed by atoms with Gasteiger partial charge in [0.05, 0.1) is 40.1 Å². The molecule has 1 heterocycles. The molecule has 0 amide bonds. The second kappa shape index (κ2) is 9.26. The van der Waals surface area contributed by atoms with E-state index in [2.05, 4.69) is 5.32 Å². The Bertz CT molecular complexity index is 1050. The fourth-order valence-electron chi connectivity index (χ4n) is 3.71. The number of carbonyl (C=O) groups excluding carboxylic acids is 1. The molecule has 1 unspecified atom stereocenters. The van der Waals surface area contributed by atoms with Gasteiger partial charge in [-0.05, 0) is 49.8 Å². The number of aryl methyl sites for hydroxylation is 1. The summed E-state index contributed by atoms with van der Waals surface area (Å²) in [6.45, 7) is 3.85. The summed E-state index contributed by atoms with van der Waals surface area (Å²) in [7, 11) is 6.01. The van der Waals surface area contributed by atoms with Gasteiger partial charge in [0.15, 0.2) is 16.6 Å². The third-order valence-corrected chi connectivity index (χ3v) is 5.50. The molecule has 31 heavy (non-hydrogen) atoms. The lowest BCUT2D eigenvalue weighted by Crippen LogP contribution is -2.48. The Labute approximate surface area is 187 Å². The van der Waals surface area contributed by atoms with Crippen LogP contribution in [0.5, 0.6) is 17.2 Å². The maximum atomic E-state index is 12.9. The summed E-state index contributed by atoms with van der Waals surface area (Å²) in [4.78, 5) is 14.7. The number of methoxy groups -OCH3 is 4. The molecule has 0 spiro atoms. The molecule has 1 atom stereocenters. The van der Waals surface area contributed by atoms with Gasteiger partial charge in [-0.2, -0.15) is 0 Å². The van der Waals surface area contributed by atoms with Gasteiger partial charge in [0, 0.05) is 23.0 Å². The number of hydrogen-bond acceptors (Lipinski definition) is 6. The van der Waals surface area contributed by atoms with Crippen LogP contribution in [0.25, 0.3) is 0 Å². The Hall–Kier alpha value is -3.26. The highest BCUT2D eigenvalue weighted by molar-refractivity contribution is 7.80. The number of hydrogen-bond donors (Lipinski definition) is 1. The summed E-state index contributed by atoms with van der Waals surface area (Å²) in [5, 5.41) is 3.74. The molecule has 0 saturated heterocycles. The van der Waals surface area contributed by atoms with Gasteiger partial charge >= 0.3 is 5.97 Å². The molecule has 0 aliphatic carbocycles. The van der Waals surface area contributed by atoms with Gasteiger partial charge in [0.25, 0.3) is 0 Å². The molecule has 7 nitrogen and oxygen atoms in total. The van der Waals surface area contributed by atoms with Crippen molar-refractivity contribution in [1.29, 1.82) is 0 Å². The molecule has 2 aromatic rings. The molecule has 8 heteroatoms. The minimum atomic E-state index is -0.601. The van der Waals surface area contributed by atoms with E-state index in [1.165, 1.54) is 7.11 Å². The Morgan fingerprint density at radius 2 is 1.61 bits per heavy atom. The molecule has 0 fully saturated rings.